The molecule has 0 saturated carbocycles. The monoisotopic (exact) mass is 193 g/mol. The number of aromatic nitrogens is 1. The molecule has 1 heterocycles. The number of amides is 1. The Morgan fingerprint density at radius 1 is 1.43 bits per heavy atom. The van der Waals surface area contributed by atoms with E-state index < -0.39 is 5.41 Å². The average Bonchev–Trinajstić information content (AvgIpc) is 2.15. The molecule has 1 rings (SSSR count). The molecule has 0 atom stereocenters. The lowest BCUT2D eigenvalue weighted by atomic mass is 9.95. The van der Waals surface area contributed by atoms with Gasteiger partial charge in [0.05, 0.1) is 0 Å². The molecule has 0 aliphatic carbocycles. The number of rotatable bonds is 1. The van der Waals surface area contributed by atoms with Gasteiger partial charge in [0.1, 0.15) is 5.82 Å². The average molecular weight is 193 g/mol. The Balaban J connectivity index is 2.87. The molecular formula is C10H15N3O. The highest BCUT2D eigenvalue weighted by Crippen LogP contribution is 2.18. The molecule has 0 saturated heterocycles. The third kappa shape index (κ3) is 2.29. The van der Waals surface area contributed by atoms with Crippen LogP contribution in [0.15, 0.2) is 24.4 Å². The summed E-state index contributed by atoms with van der Waals surface area (Å²) in [4.78, 5) is 15.7. The van der Waals surface area contributed by atoms with E-state index in [4.69, 9.17) is 5.84 Å². The van der Waals surface area contributed by atoms with Gasteiger partial charge in [0, 0.05) is 11.6 Å². The van der Waals surface area contributed by atoms with Crippen molar-refractivity contribution in [2.75, 3.05) is 5.01 Å². The van der Waals surface area contributed by atoms with Crippen LogP contribution in [-0.4, -0.2) is 10.9 Å². The van der Waals surface area contributed by atoms with Crippen molar-refractivity contribution in [3.05, 3.63) is 24.4 Å². The third-order valence-corrected chi connectivity index (χ3v) is 1.76. The maximum Gasteiger partial charge on any atom is 0.247 e. The van der Waals surface area contributed by atoms with E-state index in [0.717, 1.165) is 5.01 Å². The number of nitrogens with two attached hydrogens (primary N) is 1. The van der Waals surface area contributed by atoms with Crippen LogP contribution < -0.4 is 10.9 Å². The van der Waals surface area contributed by atoms with Gasteiger partial charge >= 0.3 is 0 Å². The number of hydrogen-bond acceptors (Lipinski definition) is 3. The van der Waals surface area contributed by atoms with Crippen LogP contribution in [0.1, 0.15) is 20.8 Å². The maximum absolute atomic E-state index is 11.7. The van der Waals surface area contributed by atoms with Crippen LogP contribution in [0.4, 0.5) is 5.82 Å². The summed E-state index contributed by atoms with van der Waals surface area (Å²) < 4.78 is 0. The highest BCUT2D eigenvalue weighted by molar-refractivity contribution is 5.94. The van der Waals surface area contributed by atoms with E-state index in [-0.39, 0.29) is 5.91 Å². The fourth-order valence-electron chi connectivity index (χ4n) is 0.962. The largest absolute Gasteiger partial charge is 0.272 e. The Kier molecular flexibility index (Phi) is 2.86. The summed E-state index contributed by atoms with van der Waals surface area (Å²) in [6.45, 7) is 5.45. The van der Waals surface area contributed by atoms with Gasteiger partial charge < -0.3 is 0 Å². The van der Waals surface area contributed by atoms with Crippen molar-refractivity contribution in [1.82, 2.24) is 4.98 Å². The molecule has 14 heavy (non-hydrogen) atoms. The number of hydrazine groups is 1. The first-order valence-electron chi connectivity index (χ1n) is 4.43. The zero-order valence-electron chi connectivity index (χ0n) is 8.69. The Bertz CT molecular complexity index is 316. The number of nitrogens with zero attached hydrogens (tertiary/aromatic N) is 2. The molecule has 1 amide bonds. The van der Waals surface area contributed by atoms with Crippen LogP contribution in [0.5, 0.6) is 0 Å². The minimum atomic E-state index is -0.494. The van der Waals surface area contributed by atoms with E-state index in [1.165, 1.54) is 0 Å². The highest BCUT2D eigenvalue weighted by atomic mass is 16.2. The summed E-state index contributed by atoms with van der Waals surface area (Å²) in [5.74, 6) is 5.95. The van der Waals surface area contributed by atoms with Crippen LogP contribution in [0.2, 0.25) is 0 Å². The van der Waals surface area contributed by atoms with Crippen molar-refractivity contribution in [2.45, 2.75) is 20.8 Å². The normalized spacial score (nSPS) is 11.1. The van der Waals surface area contributed by atoms with Gasteiger partial charge in [0.15, 0.2) is 0 Å². The fourth-order valence-corrected chi connectivity index (χ4v) is 0.962. The molecule has 4 heteroatoms. The van der Waals surface area contributed by atoms with Crippen LogP contribution in [-0.2, 0) is 4.79 Å². The fraction of sp³-hybridized carbons (Fsp3) is 0.400. The summed E-state index contributed by atoms with van der Waals surface area (Å²) in [6.07, 6.45) is 1.60. The summed E-state index contributed by atoms with van der Waals surface area (Å²) in [6, 6.07) is 5.26. The van der Waals surface area contributed by atoms with Crippen molar-refractivity contribution in [2.24, 2.45) is 11.3 Å². The molecular weight excluding hydrogens is 178 g/mol. The van der Waals surface area contributed by atoms with Crippen LogP contribution in [0, 0.1) is 5.41 Å². The molecule has 0 fully saturated rings. The zero-order valence-corrected chi connectivity index (χ0v) is 8.69. The molecule has 0 aromatic carbocycles. The standard InChI is InChI=1S/C10H15N3O/c1-10(2,3)9(14)13(11)8-6-4-5-7-12-8/h4-7H,11H2,1-3H3. The van der Waals surface area contributed by atoms with Crippen molar-refractivity contribution in [3.63, 3.8) is 0 Å². The molecule has 0 aliphatic rings. The first kappa shape index (κ1) is 10.7. The van der Waals surface area contributed by atoms with E-state index >= 15 is 0 Å². The molecule has 0 aliphatic heterocycles. The molecule has 0 spiro atoms. The molecule has 76 valence electrons. The Morgan fingerprint density at radius 2 is 2.07 bits per heavy atom. The molecule has 0 radical (unpaired) electrons. The van der Waals surface area contributed by atoms with Gasteiger partial charge in [-0.3, -0.25) is 4.79 Å². The first-order valence-corrected chi connectivity index (χ1v) is 4.43. The Labute approximate surface area is 83.7 Å². The summed E-state index contributed by atoms with van der Waals surface area (Å²) >= 11 is 0. The van der Waals surface area contributed by atoms with E-state index in [9.17, 15) is 4.79 Å². The Morgan fingerprint density at radius 3 is 2.50 bits per heavy atom. The maximum atomic E-state index is 11.7. The topological polar surface area (TPSA) is 59.2 Å². The van der Waals surface area contributed by atoms with Gasteiger partial charge in [-0.05, 0) is 12.1 Å². The quantitative estimate of drug-likeness (QED) is 0.416. The molecule has 1 aromatic rings. The number of pyridine rings is 1. The highest BCUT2D eigenvalue weighted by Gasteiger charge is 2.26. The summed E-state index contributed by atoms with van der Waals surface area (Å²) in [5.41, 5.74) is -0.494. The van der Waals surface area contributed by atoms with Crippen LogP contribution in [0.3, 0.4) is 0 Å². The summed E-state index contributed by atoms with van der Waals surface area (Å²) in [7, 11) is 0. The number of hydrogen-bond donors (Lipinski definition) is 1. The van der Waals surface area contributed by atoms with Gasteiger partial charge in [0.2, 0.25) is 5.91 Å². The molecule has 2 N–H and O–H groups in total. The zero-order chi connectivity index (χ0) is 10.8. The lowest BCUT2D eigenvalue weighted by molar-refractivity contribution is -0.125. The lowest BCUT2D eigenvalue weighted by Crippen LogP contribution is -2.44. The number of anilines is 1. The minimum Gasteiger partial charge on any atom is -0.272 e. The second kappa shape index (κ2) is 3.75. The van der Waals surface area contributed by atoms with E-state index in [0.29, 0.717) is 5.82 Å². The molecule has 0 unspecified atom stereocenters. The van der Waals surface area contributed by atoms with Gasteiger partial charge in [-0.2, -0.15) is 0 Å². The predicted octanol–water partition coefficient (Wildman–Crippen LogP) is 1.33. The second-order valence-corrected chi connectivity index (χ2v) is 4.11. The van der Waals surface area contributed by atoms with Gasteiger partial charge in [-0.15, -0.1) is 0 Å². The number of carbonyl (C=O) groups excluding carboxylic acids is 1. The van der Waals surface area contributed by atoms with Crippen molar-refractivity contribution in [1.29, 1.82) is 0 Å². The van der Waals surface area contributed by atoms with Gasteiger partial charge in [-0.25, -0.2) is 15.8 Å². The van der Waals surface area contributed by atoms with Crippen LogP contribution >= 0.6 is 0 Å². The van der Waals surface area contributed by atoms with Crippen molar-refractivity contribution in [3.8, 4) is 0 Å². The molecule has 0 bridgehead atoms. The summed E-state index contributed by atoms with van der Waals surface area (Å²) in [5, 5.41) is 1.08. The number of carbonyl (C=O) groups is 1. The Hall–Kier alpha value is -1.42. The van der Waals surface area contributed by atoms with E-state index in [1.54, 1.807) is 24.4 Å². The minimum absolute atomic E-state index is 0.156. The van der Waals surface area contributed by atoms with Crippen molar-refractivity contribution < 1.29 is 4.79 Å². The third-order valence-electron chi connectivity index (χ3n) is 1.76. The van der Waals surface area contributed by atoms with E-state index in [1.807, 2.05) is 20.8 Å². The SMILES string of the molecule is CC(C)(C)C(=O)N(N)c1ccccn1. The second-order valence-electron chi connectivity index (χ2n) is 4.11. The molecule has 4 nitrogen and oxygen atoms in total. The smallest absolute Gasteiger partial charge is 0.247 e. The van der Waals surface area contributed by atoms with Gasteiger partial charge in [0.25, 0.3) is 0 Å². The first-order chi connectivity index (χ1) is 6.43. The van der Waals surface area contributed by atoms with Crippen LogP contribution in [0.25, 0.3) is 0 Å². The lowest BCUT2D eigenvalue weighted by Gasteiger charge is -2.24. The van der Waals surface area contributed by atoms with E-state index in [2.05, 4.69) is 4.98 Å². The predicted molar refractivity (Wildman–Crippen MR) is 55.4 cm³/mol. The molecule has 1 aromatic heterocycles. The van der Waals surface area contributed by atoms with Gasteiger partial charge in [-0.1, -0.05) is 26.8 Å². The van der Waals surface area contributed by atoms with Crippen molar-refractivity contribution >= 4 is 11.7 Å².